The summed E-state index contributed by atoms with van der Waals surface area (Å²) in [5.41, 5.74) is 3.05. The smallest absolute Gasteiger partial charge is 0.328 e. The van der Waals surface area contributed by atoms with E-state index in [0.29, 0.717) is 68.2 Å². The quantitative estimate of drug-likeness (QED) is 0.526. The van der Waals surface area contributed by atoms with Crippen LogP contribution < -0.4 is 10.2 Å². The van der Waals surface area contributed by atoms with Gasteiger partial charge in [0, 0.05) is 38.5 Å². The van der Waals surface area contributed by atoms with E-state index in [0.717, 1.165) is 30.4 Å². The highest BCUT2D eigenvalue weighted by atomic mass is 16.5. The summed E-state index contributed by atoms with van der Waals surface area (Å²) >= 11 is 0. The second kappa shape index (κ2) is 10.8. The van der Waals surface area contributed by atoms with Crippen LogP contribution >= 0.6 is 0 Å². The topological polar surface area (TPSA) is 138 Å². The lowest BCUT2D eigenvalue weighted by atomic mass is 9.95. The molecule has 0 spiro atoms. The third-order valence-electron chi connectivity index (χ3n) is 7.39. The number of morpholine rings is 1. The van der Waals surface area contributed by atoms with E-state index < -0.39 is 6.03 Å². The molecule has 0 radical (unpaired) electrons. The second-order valence-electron chi connectivity index (χ2n) is 10.1. The molecule has 1 aliphatic carbocycles. The fourth-order valence-corrected chi connectivity index (χ4v) is 5.16. The van der Waals surface area contributed by atoms with E-state index >= 15 is 0 Å². The Balaban J connectivity index is 1.35. The maximum Gasteiger partial charge on any atom is 0.328 e. The van der Waals surface area contributed by atoms with Crippen molar-refractivity contribution in [1.29, 1.82) is 5.26 Å². The molecule has 1 N–H and O–H groups in total. The van der Waals surface area contributed by atoms with Gasteiger partial charge in [-0.2, -0.15) is 5.26 Å². The highest BCUT2D eigenvalue weighted by molar-refractivity contribution is 6.01. The molecule has 4 heterocycles. The van der Waals surface area contributed by atoms with Gasteiger partial charge in [-0.1, -0.05) is 0 Å². The van der Waals surface area contributed by atoms with Crippen LogP contribution in [-0.2, 0) is 33.7 Å². The Hall–Kier alpha value is -3.88. The summed E-state index contributed by atoms with van der Waals surface area (Å²) in [5, 5.41) is 12.4. The summed E-state index contributed by atoms with van der Waals surface area (Å²) < 4.78 is 10.6. The predicted octanol–water partition coefficient (Wildman–Crippen LogP) is 2.47. The number of methoxy groups -OCH3 is 1. The summed E-state index contributed by atoms with van der Waals surface area (Å²) in [6.45, 7) is 2.26. The normalized spacial score (nSPS) is 17.9. The Labute approximate surface area is 220 Å². The van der Waals surface area contributed by atoms with Crippen LogP contribution in [0.4, 0.5) is 16.4 Å². The van der Waals surface area contributed by atoms with Crippen LogP contribution in [0.3, 0.4) is 0 Å². The third-order valence-corrected chi connectivity index (χ3v) is 7.39. The molecule has 1 saturated carbocycles. The molecular formula is C27H30N6O5. The van der Waals surface area contributed by atoms with Crippen molar-refractivity contribution in [3.63, 3.8) is 0 Å². The fourth-order valence-electron chi connectivity index (χ4n) is 5.16. The van der Waals surface area contributed by atoms with Gasteiger partial charge in [-0.15, -0.1) is 0 Å². The predicted molar refractivity (Wildman–Crippen MR) is 137 cm³/mol. The van der Waals surface area contributed by atoms with E-state index in [-0.39, 0.29) is 30.2 Å². The third kappa shape index (κ3) is 5.37. The number of nitriles is 1. The summed E-state index contributed by atoms with van der Waals surface area (Å²) in [4.78, 5) is 49.4. The summed E-state index contributed by atoms with van der Waals surface area (Å²) in [6, 6.07) is 5.41. The number of nitrogens with one attached hydrogen (secondary N) is 1. The number of carbonyl (C=O) groups is 3. The average Bonchev–Trinajstić information content (AvgIpc) is 3.68. The number of rotatable bonds is 8. The minimum absolute atomic E-state index is 0.0290. The van der Waals surface area contributed by atoms with Crippen LogP contribution in [0.15, 0.2) is 18.3 Å². The lowest BCUT2D eigenvalue weighted by Crippen LogP contribution is -2.42. The molecule has 5 rings (SSSR count). The van der Waals surface area contributed by atoms with Gasteiger partial charge >= 0.3 is 6.03 Å². The van der Waals surface area contributed by atoms with Crippen LogP contribution in [0.25, 0.3) is 0 Å². The summed E-state index contributed by atoms with van der Waals surface area (Å²) in [6.07, 6.45) is 6.33. The van der Waals surface area contributed by atoms with Crippen LogP contribution in [0.5, 0.6) is 0 Å². The molecule has 2 aromatic heterocycles. The standard InChI is InChI=1S/C27H30N6O5/c1-37-17-27(4-5-27)11-19-10-23(29-13-21(19)12-28)31-26(36)33-6-2-3-18-9-20(22(15-34)30-25(18)33)14-32-7-8-38-16-24(32)35/h9-10,13,15H,2-8,11,14,16-17H2,1H3,(H,29,31,36). The number of amides is 3. The van der Waals surface area contributed by atoms with Crippen LogP contribution in [0, 0.1) is 16.7 Å². The van der Waals surface area contributed by atoms with Crippen molar-refractivity contribution < 1.29 is 23.9 Å². The molecule has 2 aromatic rings. The van der Waals surface area contributed by atoms with Gasteiger partial charge in [0.25, 0.3) is 0 Å². The first-order valence-corrected chi connectivity index (χ1v) is 12.8. The molecule has 2 aliphatic heterocycles. The zero-order chi connectivity index (χ0) is 26.7. The van der Waals surface area contributed by atoms with Crippen molar-refractivity contribution in [1.82, 2.24) is 14.9 Å². The molecule has 0 aromatic carbocycles. The molecule has 198 valence electrons. The number of carbonyl (C=O) groups excluding carboxylic acids is 3. The molecule has 0 atom stereocenters. The van der Waals surface area contributed by atoms with Crippen molar-refractivity contribution >= 4 is 29.9 Å². The molecule has 3 amide bonds. The van der Waals surface area contributed by atoms with Crippen molar-refractivity contribution in [2.45, 2.75) is 38.6 Å². The number of hydrogen-bond donors (Lipinski definition) is 1. The Morgan fingerprint density at radius 1 is 1.32 bits per heavy atom. The number of aromatic nitrogens is 2. The molecule has 11 heteroatoms. The van der Waals surface area contributed by atoms with Gasteiger partial charge in [0.05, 0.1) is 18.8 Å². The number of nitrogens with zero attached hydrogens (tertiary/aromatic N) is 5. The number of pyridine rings is 2. The zero-order valence-electron chi connectivity index (χ0n) is 21.4. The lowest BCUT2D eigenvalue weighted by molar-refractivity contribution is -0.143. The van der Waals surface area contributed by atoms with Gasteiger partial charge in [-0.25, -0.2) is 14.8 Å². The lowest BCUT2D eigenvalue weighted by Gasteiger charge is -2.31. The highest BCUT2D eigenvalue weighted by Gasteiger charge is 2.43. The highest BCUT2D eigenvalue weighted by Crippen LogP contribution is 2.49. The van der Waals surface area contributed by atoms with Crippen molar-refractivity contribution in [3.8, 4) is 6.07 Å². The first kappa shape index (κ1) is 25.8. The number of fused-ring (bicyclic) bond motifs is 1. The zero-order valence-corrected chi connectivity index (χ0v) is 21.4. The summed E-state index contributed by atoms with van der Waals surface area (Å²) in [5.74, 6) is 0.650. The monoisotopic (exact) mass is 518 g/mol. The molecule has 0 unspecified atom stereocenters. The van der Waals surface area contributed by atoms with E-state index in [9.17, 15) is 19.6 Å². The SMILES string of the molecule is COCC1(Cc2cc(NC(=O)N3CCCc4cc(CN5CCOCC5=O)c(C=O)nc43)ncc2C#N)CC1. The molecule has 11 nitrogen and oxygen atoms in total. The first-order valence-electron chi connectivity index (χ1n) is 12.8. The van der Waals surface area contributed by atoms with E-state index in [1.165, 1.54) is 11.1 Å². The molecule has 3 aliphatic rings. The van der Waals surface area contributed by atoms with Gasteiger partial charge in [0.2, 0.25) is 5.91 Å². The Bertz CT molecular complexity index is 1300. The van der Waals surface area contributed by atoms with Gasteiger partial charge in [0.15, 0.2) is 6.29 Å². The van der Waals surface area contributed by atoms with Crippen LogP contribution in [-0.4, -0.2) is 73.1 Å². The Kier molecular flexibility index (Phi) is 7.35. The van der Waals surface area contributed by atoms with E-state index in [1.54, 1.807) is 18.1 Å². The van der Waals surface area contributed by atoms with Gasteiger partial charge in [-0.05, 0) is 60.8 Å². The van der Waals surface area contributed by atoms with E-state index in [1.807, 2.05) is 6.07 Å². The average molecular weight is 519 g/mol. The minimum Gasteiger partial charge on any atom is -0.384 e. The van der Waals surface area contributed by atoms with Gasteiger partial charge in [-0.3, -0.25) is 19.8 Å². The van der Waals surface area contributed by atoms with E-state index in [4.69, 9.17) is 9.47 Å². The Morgan fingerprint density at radius 3 is 2.87 bits per heavy atom. The Morgan fingerprint density at radius 2 is 2.16 bits per heavy atom. The second-order valence-corrected chi connectivity index (χ2v) is 10.1. The molecular weight excluding hydrogens is 488 g/mol. The minimum atomic E-state index is -0.410. The summed E-state index contributed by atoms with van der Waals surface area (Å²) in [7, 11) is 1.68. The number of anilines is 2. The number of aryl methyl sites for hydroxylation is 1. The van der Waals surface area contributed by atoms with Crippen LogP contribution in [0.2, 0.25) is 0 Å². The van der Waals surface area contributed by atoms with Crippen molar-refractivity contribution in [3.05, 3.63) is 46.3 Å². The number of urea groups is 1. The largest absolute Gasteiger partial charge is 0.384 e. The van der Waals surface area contributed by atoms with Gasteiger partial charge < -0.3 is 14.4 Å². The maximum absolute atomic E-state index is 13.3. The number of ether oxygens (including phenoxy) is 2. The molecule has 1 saturated heterocycles. The van der Waals surface area contributed by atoms with Gasteiger partial charge in [0.1, 0.15) is 30.0 Å². The molecule has 2 fully saturated rings. The fraction of sp³-hybridized carbons (Fsp3) is 0.481. The molecule has 38 heavy (non-hydrogen) atoms. The van der Waals surface area contributed by atoms with Crippen LogP contribution in [0.1, 0.15) is 52.0 Å². The number of hydrogen-bond acceptors (Lipinski definition) is 8. The van der Waals surface area contributed by atoms with Crippen molar-refractivity contribution in [2.75, 3.05) is 50.2 Å². The number of aldehydes is 1. The van der Waals surface area contributed by atoms with E-state index in [2.05, 4.69) is 21.4 Å². The first-order chi connectivity index (χ1) is 18.4. The van der Waals surface area contributed by atoms with Crippen molar-refractivity contribution in [2.24, 2.45) is 5.41 Å². The molecule has 0 bridgehead atoms. The maximum atomic E-state index is 13.3.